The van der Waals surface area contributed by atoms with Crippen LogP contribution in [0.15, 0.2) is 65.6 Å². The molecule has 0 saturated heterocycles. The number of carbonyl (C=O) groups excluding carboxylic acids is 1. The molecule has 0 aliphatic heterocycles. The number of nitrogens with one attached hydrogen (secondary N) is 1. The summed E-state index contributed by atoms with van der Waals surface area (Å²) in [5.74, 6) is 6.17. The molecule has 0 atom stereocenters. The van der Waals surface area contributed by atoms with Gasteiger partial charge in [-0.25, -0.2) is 8.42 Å². The minimum atomic E-state index is -3.39. The van der Waals surface area contributed by atoms with Crippen molar-refractivity contribution in [3.8, 4) is 28.7 Å². The lowest BCUT2D eigenvalue weighted by atomic mass is 10.0. The second kappa shape index (κ2) is 10.8. The van der Waals surface area contributed by atoms with Crippen LogP contribution >= 0.6 is 23.2 Å². The number of amides is 1. The first-order chi connectivity index (χ1) is 15.7. The van der Waals surface area contributed by atoms with Crippen LogP contribution in [0.2, 0.25) is 10.0 Å². The van der Waals surface area contributed by atoms with Crippen molar-refractivity contribution in [3.05, 3.63) is 76.3 Å². The van der Waals surface area contributed by atoms with Gasteiger partial charge in [0.25, 0.3) is 0 Å². The molecule has 0 aromatic heterocycles. The highest BCUT2D eigenvalue weighted by molar-refractivity contribution is 7.91. The van der Waals surface area contributed by atoms with E-state index in [4.69, 9.17) is 27.9 Å². The molecule has 0 aliphatic rings. The average Bonchev–Trinajstić information content (AvgIpc) is 2.78. The third kappa shape index (κ3) is 6.52. The largest absolute Gasteiger partial charge is 0.479 e. The molecule has 1 amide bonds. The van der Waals surface area contributed by atoms with Crippen LogP contribution in [0.25, 0.3) is 11.1 Å². The van der Waals surface area contributed by atoms with Gasteiger partial charge in [0.1, 0.15) is 12.4 Å². The average molecular weight is 502 g/mol. The van der Waals surface area contributed by atoms with Crippen molar-refractivity contribution in [2.24, 2.45) is 0 Å². The maximum absolute atomic E-state index is 12.3. The van der Waals surface area contributed by atoms with Crippen molar-refractivity contribution in [2.45, 2.75) is 18.7 Å². The van der Waals surface area contributed by atoms with Gasteiger partial charge in [0.05, 0.1) is 15.7 Å². The lowest BCUT2D eigenvalue weighted by molar-refractivity contribution is -0.114. The molecule has 0 aliphatic carbocycles. The van der Waals surface area contributed by atoms with Crippen molar-refractivity contribution in [1.29, 1.82) is 0 Å². The first-order valence-electron chi connectivity index (χ1n) is 10.0. The standard InChI is InChI=1S/C25H21Cl2NO4S/c1-3-33(30,31)21-11-12-24(28-17(2)29)22(16-21)19-8-6-18(7-9-19)5-4-14-32-25-13-10-20(26)15-23(25)27/h6-13,15-16H,3,14H2,1-2H3,(H,28,29). The molecule has 0 spiro atoms. The molecule has 33 heavy (non-hydrogen) atoms. The summed E-state index contributed by atoms with van der Waals surface area (Å²) >= 11 is 11.9. The van der Waals surface area contributed by atoms with Crippen LogP contribution in [-0.4, -0.2) is 26.7 Å². The number of hydrogen-bond acceptors (Lipinski definition) is 4. The van der Waals surface area contributed by atoms with Crippen molar-refractivity contribution in [1.82, 2.24) is 0 Å². The Bertz CT molecular complexity index is 1340. The number of rotatable bonds is 6. The maximum atomic E-state index is 12.3. The highest BCUT2D eigenvalue weighted by atomic mass is 35.5. The summed E-state index contributed by atoms with van der Waals surface area (Å²) in [6.45, 7) is 3.14. The quantitative estimate of drug-likeness (QED) is 0.430. The van der Waals surface area contributed by atoms with Crippen molar-refractivity contribution >= 4 is 44.6 Å². The van der Waals surface area contributed by atoms with Crippen molar-refractivity contribution in [3.63, 3.8) is 0 Å². The van der Waals surface area contributed by atoms with Gasteiger partial charge in [-0.05, 0) is 54.1 Å². The minimum absolute atomic E-state index is 0.0102. The summed E-state index contributed by atoms with van der Waals surface area (Å²) in [7, 11) is -3.39. The van der Waals surface area contributed by atoms with Gasteiger partial charge >= 0.3 is 0 Å². The van der Waals surface area contributed by atoms with Gasteiger partial charge in [-0.15, -0.1) is 0 Å². The maximum Gasteiger partial charge on any atom is 0.221 e. The van der Waals surface area contributed by atoms with Gasteiger partial charge in [0.15, 0.2) is 9.84 Å². The minimum Gasteiger partial charge on any atom is -0.479 e. The number of ether oxygens (including phenoxy) is 1. The molecule has 8 heteroatoms. The van der Waals surface area contributed by atoms with Crippen LogP contribution in [0.4, 0.5) is 5.69 Å². The van der Waals surface area contributed by atoms with E-state index in [9.17, 15) is 13.2 Å². The molecule has 0 unspecified atom stereocenters. The van der Waals surface area contributed by atoms with E-state index in [2.05, 4.69) is 17.2 Å². The predicted octanol–water partition coefficient (Wildman–Crippen LogP) is 5.84. The number of hydrogen-bond donors (Lipinski definition) is 1. The predicted molar refractivity (Wildman–Crippen MR) is 133 cm³/mol. The molecule has 170 valence electrons. The summed E-state index contributed by atoms with van der Waals surface area (Å²) in [4.78, 5) is 11.8. The molecule has 3 aromatic carbocycles. The number of sulfone groups is 1. The molecule has 0 radical (unpaired) electrons. The molecule has 0 saturated carbocycles. The van der Waals surface area contributed by atoms with E-state index in [0.29, 0.717) is 27.0 Å². The Labute approximate surface area is 203 Å². The van der Waals surface area contributed by atoms with Gasteiger partial charge in [0.2, 0.25) is 5.91 Å². The van der Waals surface area contributed by atoms with E-state index < -0.39 is 9.84 Å². The number of anilines is 1. The molecule has 1 N–H and O–H groups in total. The number of carbonyl (C=O) groups is 1. The summed E-state index contributed by atoms with van der Waals surface area (Å²) in [5, 5.41) is 3.69. The summed E-state index contributed by atoms with van der Waals surface area (Å²) in [6, 6.07) is 16.9. The third-order valence-corrected chi connectivity index (χ3v) is 6.93. The van der Waals surface area contributed by atoms with Crippen LogP contribution in [0, 0.1) is 11.8 Å². The SMILES string of the molecule is CCS(=O)(=O)c1ccc(NC(C)=O)c(-c2ccc(C#CCOc3ccc(Cl)cc3Cl)cc2)c1. The van der Waals surface area contributed by atoms with Crippen molar-refractivity contribution < 1.29 is 17.9 Å². The second-order valence-corrected chi connectivity index (χ2v) is 10.2. The second-order valence-electron chi connectivity index (χ2n) is 7.03. The summed E-state index contributed by atoms with van der Waals surface area (Å²) in [6.07, 6.45) is 0. The molecule has 3 rings (SSSR count). The molecular formula is C25H21Cl2NO4S. The molecule has 0 fully saturated rings. The fraction of sp³-hybridized carbons (Fsp3) is 0.160. The highest BCUT2D eigenvalue weighted by Crippen LogP contribution is 2.31. The number of benzene rings is 3. The third-order valence-electron chi connectivity index (χ3n) is 4.66. The highest BCUT2D eigenvalue weighted by Gasteiger charge is 2.15. The zero-order chi connectivity index (χ0) is 24.0. The summed E-state index contributed by atoms with van der Waals surface area (Å²) in [5.41, 5.74) is 2.65. The fourth-order valence-electron chi connectivity index (χ4n) is 3.00. The Morgan fingerprint density at radius 1 is 1.03 bits per heavy atom. The van der Waals surface area contributed by atoms with Gasteiger partial charge in [-0.3, -0.25) is 4.79 Å². The molecular weight excluding hydrogens is 481 g/mol. The van der Waals surface area contributed by atoms with Crippen LogP contribution < -0.4 is 10.1 Å². The Hall–Kier alpha value is -2.98. The number of halogens is 2. The zero-order valence-electron chi connectivity index (χ0n) is 18.0. The van der Waals surface area contributed by atoms with Crippen molar-refractivity contribution in [2.75, 3.05) is 17.7 Å². The smallest absolute Gasteiger partial charge is 0.221 e. The van der Waals surface area contributed by atoms with E-state index in [1.54, 1.807) is 37.3 Å². The van der Waals surface area contributed by atoms with E-state index in [-0.39, 0.29) is 23.2 Å². The lowest BCUT2D eigenvalue weighted by Gasteiger charge is -2.13. The molecule has 0 bridgehead atoms. The Morgan fingerprint density at radius 3 is 2.39 bits per heavy atom. The van der Waals surface area contributed by atoms with E-state index in [1.807, 2.05) is 24.3 Å². The summed E-state index contributed by atoms with van der Waals surface area (Å²) < 4.78 is 30.2. The Balaban J connectivity index is 1.81. The lowest BCUT2D eigenvalue weighted by Crippen LogP contribution is -2.09. The van der Waals surface area contributed by atoms with Gasteiger partial charge in [-0.1, -0.05) is 54.1 Å². The van der Waals surface area contributed by atoms with Crippen LogP contribution in [-0.2, 0) is 14.6 Å². The molecule has 5 nitrogen and oxygen atoms in total. The Kier molecular flexibility index (Phi) is 8.04. The van der Waals surface area contributed by atoms with E-state index in [0.717, 1.165) is 11.1 Å². The van der Waals surface area contributed by atoms with Gasteiger partial charge in [0, 0.05) is 28.8 Å². The van der Waals surface area contributed by atoms with E-state index in [1.165, 1.54) is 13.0 Å². The molecule has 0 heterocycles. The first kappa shape index (κ1) is 24.7. The molecule has 3 aromatic rings. The van der Waals surface area contributed by atoms with Gasteiger partial charge < -0.3 is 10.1 Å². The van der Waals surface area contributed by atoms with Crippen LogP contribution in [0.1, 0.15) is 19.4 Å². The first-order valence-corrected chi connectivity index (χ1v) is 12.4. The van der Waals surface area contributed by atoms with E-state index >= 15 is 0 Å². The van der Waals surface area contributed by atoms with Gasteiger partial charge in [-0.2, -0.15) is 0 Å². The van der Waals surface area contributed by atoms with Crippen LogP contribution in [0.3, 0.4) is 0 Å². The fourth-order valence-corrected chi connectivity index (χ4v) is 4.37. The Morgan fingerprint density at radius 2 is 1.76 bits per heavy atom. The zero-order valence-corrected chi connectivity index (χ0v) is 20.3. The monoisotopic (exact) mass is 501 g/mol. The normalized spacial score (nSPS) is 10.8. The van der Waals surface area contributed by atoms with Crippen LogP contribution in [0.5, 0.6) is 5.75 Å². The topological polar surface area (TPSA) is 72.5 Å².